The van der Waals surface area contributed by atoms with Gasteiger partial charge in [0.05, 0.1) is 0 Å². The van der Waals surface area contributed by atoms with Crippen LogP contribution in [0.1, 0.15) is 67.2 Å². The van der Waals surface area contributed by atoms with Crippen LogP contribution in [0.4, 0.5) is 0 Å². The molecule has 0 saturated carbocycles. The summed E-state index contributed by atoms with van der Waals surface area (Å²) in [5, 5.41) is 2.95. The molecule has 1 heterocycles. The van der Waals surface area contributed by atoms with E-state index in [1.54, 1.807) is 0 Å². The molecule has 0 aromatic carbocycles. The van der Waals surface area contributed by atoms with Gasteiger partial charge >= 0.3 is 0 Å². The van der Waals surface area contributed by atoms with Crippen molar-refractivity contribution in [3.63, 3.8) is 0 Å². The van der Waals surface area contributed by atoms with E-state index in [0.29, 0.717) is 0 Å². The zero-order valence-electron chi connectivity index (χ0n) is 15.1. The van der Waals surface area contributed by atoms with Gasteiger partial charge in [-0.25, -0.2) is 0 Å². The molecule has 0 aromatic rings. The Balaban J connectivity index is 1.98. The molecule has 0 radical (unpaired) electrons. The number of carbonyl (C=O) groups excluding carboxylic acids is 1. The molecule has 0 atom stereocenters. The van der Waals surface area contributed by atoms with E-state index >= 15 is 0 Å². The number of rotatable bonds is 4. The van der Waals surface area contributed by atoms with Gasteiger partial charge in [0.2, 0.25) is 5.91 Å². The molecule has 2 nitrogen and oxygen atoms in total. The molecule has 0 unspecified atom stereocenters. The van der Waals surface area contributed by atoms with E-state index in [1.165, 1.54) is 16.7 Å². The second-order valence-corrected chi connectivity index (χ2v) is 8.43. The molecular weight excluding hydrogens is 270 g/mol. The normalized spacial score (nSPS) is 20.0. The maximum Gasteiger partial charge on any atom is 0.247 e. The highest BCUT2D eigenvalue weighted by molar-refractivity contribution is 5.97. The maximum absolute atomic E-state index is 11.9. The summed E-state index contributed by atoms with van der Waals surface area (Å²) >= 11 is 0. The summed E-state index contributed by atoms with van der Waals surface area (Å²) in [5.74, 6) is 0.153. The molecule has 122 valence electrons. The highest BCUT2D eigenvalue weighted by Gasteiger charge is 2.31. The number of hydrogen-bond donors (Lipinski definition) is 1. The number of hydrogen-bond acceptors (Lipinski definition) is 1. The maximum atomic E-state index is 11.9. The van der Waals surface area contributed by atoms with Crippen LogP contribution in [0.15, 0.2) is 34.4 Å². The lowest BCUT2D eigenvalue weighted by molar-refractivity contribution is -0.116. The first-order chi connectivity index (χ1) is 10.1. The van der Waals surface area contributed by atoms with E-state index in [1.807, 2.05) is 0 Å². The average molecular weight is 301 g/mol. The third-order valence-corrected chi connectivity index (χ3v) is 5.40. The standard InChI is InChI=1S/C20H31NO/c1-14(19(2,3)4)8-7-11-20(5,6)16-10-9-15-13-21-18(22)17(15)12-16/h8,10H,7,9,11-13H2,1-6H3,(H,21,22)/b14-8+. The number of amides is 1. The summed E-state index contributed by atoms with van der Waals surface area (Å²) in [4.78, 5) is 11.9. The fourth-order valence-corrected chi connectivity index (χ4v) is 3.10. The van der Waals surface area contributed by atoms with Crippen LogP contribution < -0.4 is 5.32 Å². The van der Waals surface area contributed by atoms with Crippen molar-refractivity contribution in [3.05, 3.63) is 34.4 Å². The lowest BCUT2D eigenvalue weighted by Gasteiger charge is -2.31. The van der Waals surface area contributed by atoms with E-state index in [0.717, 1.165) is 37.8 Å². The SMILES string of the molecule is C/C(=C\CCC(C)(C)C1=CCC2=C(C1)C(=O)NC2)C(C)(C)C. The molecule has 2 heteroatoms. The summed E-state index contributed by atoms with van der Waals surface area (Å²) in [6.07, 6.45) is 8.78. The monoisotopic (exact) mass is 301 g/mol. The minimum atomic E-state index is 0.153. The van der Waals surface area contributed by atoms with E-state index in [4.69, 9.17) is 0 Å². The van der Waals surface area contributed by atoms with E-state index in [9.17, 15) is 4.79 Å². The molecule has 1 N–H and O–H groups in total. The quantitative estimate of drug-likeness (QED) is 0.733. The lowest BCUT2D eigenvalue weighted by Crippen LogP contribution is -2.20. The second kappa shape index (κ2) is 6.06. The van der Waals surface area contributed by atoms with Crippen molar-refractivity contribution in [1.82, 2.24) is 5.32 Å². The second-order valence-electron chi connectivity index (χ2n) is 8.43. The van der Waals surface area contributed by atoms with Crippen molar-refractivity contribution in [3.8, 4) is 0 Å². The Morgan fingerprint density at radius 2 is 1.95 bits per heavy atom. The van der Waals surface area contributed by atoms with Crippen LogP contribution >= 0.6 is 0 Å². The fraction of sp³-hybridized carbons (Fsp3) is 0.650. The molecule has 0 spiro atoms. The van der Waals surface area contributed by atoms with Crippen LogP contribution in [0.25, 0.3) is 0 Å². The molecule has 0 bridgehead atoms. The molecule has 1 amide bonds. The molecule has 22 heavy (non-hydrogen) atoms. The van der Waals surface area contributed by atoms with Gasteiger partial charge in [-0.3, -0.25) is 4.79 Å². The van der Waals surface area contributed by atoms with Gasteiger partial charge in [-0.2, -0.15) is 0 Å². The van der Waals surface area contributed by atoms with Crippen molar-refractivity contribution in [2.24, 2.45) is 10.8 Å². The highest BCUT2D eigenvalue weighted by Crippen LogP contribution is 2.40. The molecule has 0 aromatic heterocycles. The Morgan fingerprint density at radius 3 is 2.59 bits per heavy atom. The van der Waals surface area contributed by atoms with Crippen LogP contribution in [-0.2, 0) is 4.79 Å². The minimum absolute atomic E-state index is 0.153. The molecule has 1 aliphatic carbocycles. The first-order valence-electron chi connectivity index (χ1n) is 8.47. The van der Waals surface area contributed by atoms with Gasteiger partial charge in [0, 0.05) is 12.1 Å². The molecule has 2 rings (SSSR count). The zero-order valence-corrected chi connectivity index (χ0v) is 15.1. The smallest absolute Gasteiger partial charge is 0.247 e. The number of nitrogens with one attached hydrogen (secondary N) is 1. The Labute approximate surface area is 135 Å². The summed E-state index contributed by atoms with van der Waals surface area (Å²) in [5.41, 5.74) is 5.65. The summed E-state index contributed by atoms with van der Waals surface area (Å²) in [7, 11) is 0. The minimum Gasteiger partial charge on any atom is -0.349 e. The van der Waals surface area contributed by atoms with Crippen molar-refractivity contribution in [2.45, 2.75) is 67.2 Å². The van der Waals surface area contributed by atoms with Crippen molar-refractivity contribution >= 4 is 5.91 Å². The Hall–Kier alpha value is -1.31. The van der Waals surface area contributed by atoms with Gasteiger partial charge in [-0.15, -0.1) is 0 Å². The van der Waals surface area contributed by atoms with Gasteiger partial charge < -0.3 is 5.32 Å². The molecule has 1 aliphatic heterocycles. The number of allylic oxidation sites excluding steroid dienone is 4. The van der Waals surface area contributed by atoms with Crippen LogP contribution in [0.5, 0.6) is 0 Å². The van der Waals surface area contributed by atoms with Gasteiger partial charge in [0.15, 0.2) is 0 Å². The van der Waals surface area contributed by atoms with E-state index < -0.39 is 0 Å². The first-order valence-corrected chi connectivity index (χ1v) is 8.47. The summed E-state index contributed by atoms with van der Waals surface area (Å²) in [6.45, 7) is 14.4. The zero-order chi connectivity index (χ0) is 16.5. The van der Waals surface area contributed by atoms with Gasteiger partial charge in [-0.05, 0) is 49.0 Å². The Bertz CT molecular complexity index is 553. The van der Waals surface area contributed by atoms with Crippen LogP contribution in [0, 0.1) is 10.8 Å². The van der Waals surface area contributed by atoms with Crippen molar-refractivity contribution in [1.29, 1.82) is 0 Å². The fourth-order valence-electron chi connectivity index (χ4n) is 3.10. The van der Waals surface area contributed by atoms with E-state index in [-0.39, 0.29) is 16.7 Å². The van der Waals surface area contributed by atoms with Crippen molar-refractivity contribution < 1.29 is 4.79 Å². The molecular formula is C20H31NO. The van der Waals surface area contributed by atoms with Crippen LogP contribution in [0.2, 0.25) is 0 Å². The van der Waals surface area contributed by atoms with Crippen LogP contribution in [-0.4, -0.2) is 12.5 Å². The lowest BCUT2D eigenvalue weighted by atomic mass is 9.74. The molecule has 2 aliphatic rings. The first kappa shape index (κ1) is 17.1. The van der Waals surface area contributed by atoms with Crippen LogP contribution in [0.3, 0.4) is 0 Å². The third-order valence-electron chi connectivity index (χ3n) is 5.40. The van der Waals surface area contributed by atoms with Gasteiger partial charge in [0.1, 0.15) is 0 Å². The Morgan fingerprint density at radius 1 is 1.27 bits per heavy atom. The molecule has 0 fully saturated rings. The predicted molar refractivity (Wildman–Crippen MR) is 93.6 cm³/mol. The predicted octanol–water partition coefficient (Wildman–Crippen LogP) is 4.93. The third kappa shape index (κ3) is 3.71. The van der Waals surface area contributed by atoms with Crippen molar-refractivity contribution in [2.75, 3.05) is 6.54 Å². The van der Waals surface area contributed by atoms with Gasteiger partial charge in [-0.1, -0.05) is 57.9 Å². The molecule has 0 saturated heterocycles. The Kier molecular flexibility index (Phi) is 4.70. The highest BCUT2D eigenvalue weighted by atomic mass is 16.1. The topological polar surface area (TPSA) is 29.1 Å². The average Bonchev–Trinajstić information content (AvgIpc) is 2.78. The van der Waals surface area contributed by atoms with Gasteiger partial charge in [0.25, 0.3) is 0 Å². The van der Waals surface area contributed by atoms with E-state index in [2.05, 4.69) is 59.0 Å². The number of carbonyl (C=O) groups is 1. The largest absolute Gasteiger partial charge is 0.349 e. The summed E-state index contributed by atoms with van der Waals surface area (Å²) < 4.78 is 0. The summed E-state index contributed by atoms with van der Waals surface area (Å²) in [6, 6.07) is 0.